The minimum atomic E-state index is -0.535. The number of anilines is 2. The van der Waals surface area contributed by atoms with Crippen molar-refractivity contribution in [2.75, 3.05) is 23.3 Å². The maximum atomic E-state index is 13.9. The summed E-state index contributed by atoms with van der Waals surface area (Å²) in [6.07, 6.45) is 7.13. The van der Waals surface area contributed by atoms with Crippen molar-refractivity contribution in [3.63, 3.8) is 0 Å². The van der Waals surface area contributed by atoms with Gasteiger partial charge in [-0.3, -0.25) is 9.88 Å². The maximum Gasteiger partial charge on any atom is 0.415 e. The molecular weight excluding hydrogens is 416 g/mol. The highest BCUT2D eigenvalue weighted by Gasteiger charge is 2.47. The normalized spacial score (nSPS) is 22.9. The molecule has 3 heterocycles. The van der Waals surface area contributed by atoms with Crippen LogP contribution in [0.25, 0.3) is 5.69 Å². The van der Waals surface area contributed by atoms with Crippen LogP contribution in [-0.2, 0) is 4.74 Å². The Balaban J connectivity index is 1.16. The predicted octanol–water partition coefficient (Wildman–Crippen LogP) is 4.54. The Hall–Kier alpha value is -3.49. The molecule has 1 saturated carbocycles. The summed E-state index contributed by atoms with van der Waals surface area (Å²) >= 11 is 0. The summed E-state index contributed by atoms with van der Waals surface area (Å²) in [5.41, 5.74) is 0.286. The van der Waals surface area contributed by atoms with Gasteiger partial charge in [-0.25, -0.2) is 18.3 Å². The lowest BCUT2D eigenvalue weighted by Gasteiger charge is -2.35. The molecule has 1 amide bonds. The number of hydrogen-bond acceptors (Lipinski definition) is 5. The van der Waals surface area contributed by atoms with Gasteiger partial charge in [0.1, 0.15) is 28.7 Å². The Labute approximate surface area is 184 Å². The van der Waals surface area contributed by atoms with Gasteiger partial charge in [-0.1, -0.05) is 12.1 Å². The van der Waals surface area contributed by atoms with E-state index in [2.05, 4.69) is 15.4 Å². The Morgan fingerprint density at radius 3 is 2.75 bits per heavy atom. The lowest BCUT2D eigenvalue weighted by atomic mass is 9.78. The predicted molar refractivity (Wildman–Crippen MR) is 115 cm³/mol. The van der Waals surface area contributed by atoms with E-state index in [1.165, 1.54) is 27.9 Å². The van der Waals surface area contributed by atoms with E-state index in [1.807, 2.05) is 6.07 Å². The number of para-hydroxylation sites is 1. The summed E-state index contributed by atoms with van der Waals surface area (Å²) < 4.78 is 34.7. The van der Waals surface area contributed by atoms with Gasteiger partial charge in [0, 0.05) is 24.9 Å². The Bertz CT molecular complexity index is 1130. The van der Waals surface area contributed by atoms with Gasteiger partial charge in [0.05, 0.1) is 24.6 Å². The first-order valence-corrected chi connectivity index (χ1v) is 10.7. The molecule has 1 saturated heterocycles. The average molecular weight is 439 g/mol. The smallest absolute Gasteiger partial charge is 0.415 e. The molecule has 0 atom stereocenters. The topological polar surface area (TPSA) is 72.3 Å². The monoisotopic (exact) mass is 439 g/mol. The van der Waals surface area contributed by atoms with Gasteiger partial charge in [0.15, 0.2) is 0 Å². The molecule has 1 aliphatic carbocycles. The molecule has 5 rings (SSSR count). The van der Waals surface area contributed by atoms with E-state index in [-0.39, 0.29) is 5.82 Å². The van der Waals surface area contributed by atoms with Crippen LogP contribution >= 0.6 is 0 Å². The molecule has 3 aromatic rings. The Morgan fingerprint density at radius 1 is 1.16 bits per heavy atom. The number of carbonyl (C=O) groups is 1. The van der Waals surface area contributed by atoms with Gasteiger partial charge < -0.3 is 10.1 Å². The van der Waals surface area contributed by atoms with E-state index in [4.69, 9.17) is 4.74 Å². The second kappa shape index (κ2) is 8.22. The SMILES string of the molecule is O=C1O[C@]2(CC[C@H](CNc3ccn(-c4ccccc4F)n3)CC2)CN1c1cncc(F)c1. The molecule has 32 heavy (non-hydrogen) atoms. The average Bonchev–Trinajstić information content (AvgIpc) is 3.38. The molecule has 1 aliphatic heterocycles. The second-order valence-electron chi connectivity index (χ2n) is 8.42. The van der Waals surface area contributed by atoms with E-state index in [1.54, 1.807) is 24.4 Å². The number of rotatable bonds is 5. The van der Waals surface area contributed by atoms with E-state index in [0.717, 1.165) is 38.4 Å². The largest absolute Gasteiger partial charge is 0.441 e. The minimum absolute atomic E-state index is 0.325. The fourth-order valence-corrected chi connectivity index (χ4v) is 4.48. The molecule has 1 N–H and O–H groups in total. The summed E-state index contributed by atoms with van der Waals surface area (Å²) in [4.78, 5) is 17.7. The third kappa shape index (κ3) is 4.02. The summed E-state index contributed by atoms with van der Waals surface area (Å²) in [6, 6.07) is 9.62. The van der Waals surface area contributed by atoms with Gasteiger partial charge in [-0.2, -0.15) is 5.10 Å². The molecule has 2 fully saturated rings. The van der Waals surface area contributed by atoms with Crippen LogP contribution in [0.1, 0.15) is 25.7 Å². The number of pyridine rings is 1. The zero-order chi connectivity index (χ0) is 22.1. The highest BCUT2D eigenvalue weighted by Crippen LogP contribution is 2.40. The first-order chi connectivity index (χ1) is 15.5. The number of hydrogen-bond donors (Lipinski definition) is 1. The van der Waals surface area contributed by atoms with Crippen LogP contribution in [0.15, 0.2) is 55.0 Å². The number of nitrogens with one attached hydrogen (secondary N) is 1. The van der Waals surface area contributed by atoms with Crippen LogP contribution in [0.2, 0.25) is 0 Å². The number of carbonyl (C=O) groups excluding carboxylic acids is 1. The van der Waals surface area contributed by atoms with Crippen LogP contribution in [0.4, 0.5) is 25.1 Å². The van der Waals surface area contributed by atoms with Crippen molar-refractivity contribution in [3.05, 3.63) is 66.6 Å². The minimum Gasteiger partial charge on any atom is -0.441 e. The number of benzene rings is 1. The van der Waals surface area contributed by atoms with Gasteiger partial charge >= 0.3 is 6.09 Å². The van der Waals surface area contributed by atoms with Crippen molar-refractivity contribution in [2.24, 2.45) is 5.92 Å². The molecule has 1 aromatic carbocycles. The van der Waals surface area contributed by atoms with Crippen LogP contribution in [0.3, 0.4) is 0 Å². The summed E-state index contributed by atoms with van der Waals surface area (Å²) in [6.45, 7) is 1.14. The van der Waals surface area contributed by atoms with Crippen molar-refractivity contribution in [1.82, 2.24) is 14.8 Å². The van der Waals surface area contributed by atoms with Crippen LogP contribution in [0, 0.1) is 17.6 Å². The molecular formula is C23H23F2N5O2. The number of halogens is 2. The standard InChI is InChI=1S/C23H23F2N5O2/c24-17-11-18(14-26-13-17)29-15-23(32-22(29)31)8-5-16(6-9-23)12-27-21-7-10-30(28-21)20-4-2-1-3-19(20)25/h1-4,7,10-11,13-14,16H,5-6,8-9,12,15H2,(H,27,28)/t16-,23-. The van der Waals surface area contributed by atoms with E-state index >= 15 is 0 Å². The lowest BCUT2D eigenvalue weighted by Crippen LogP contribution is -2.39. The number of aromatic nitrogens is 3. The van der Waals surface area contributed by atoms with Gasteiger partial charge in [0.2, 0.25) is 0 Å². The maximum absolute atomic E-state index is 13.9. The first kappa shape index (κ1) is 20.4. The second-order valence-corrected chi connectivity index (χ2v) is 8.42. The highest BCUT2D eigenvalue weighted by molar-refractivity contribution is 5.90. The molecule has 9 heteroatoms. The number of nitrogens with zero attached hydrogens (tertiary/aromatic N) is 4. The third-order valence-corrected chi connectivity index (χ3v) is 6.25. The van der Waals surface area contributed by atoms with Crippen molar-refractivity contribution < 1.29 is 18.3 Å². The fraction of sp³-hybridized carbons (Fsp3) is 0.348. The molecule has 0 bridgehead atoms. The molecule has 1 spiro atoms. The van der Waals surface area contributed by atoms with Gasteiger partial charge in [0.25, 0.3) is 0 Å². The quantitative estimate of drug-likeness (QED) is 0.632. The molecule has 0 unspecified atom stereocenters. The summed E-state index contributed by atoms with van der Waals surface area (Å²) in [7, 11) is 0. The summed E-state index contributed by atoms with van der Waals surface area (Å²) in [5.74, 6) is 0.283. The Morgan fingerprint density at radius 2 is 1.97 bits per heavy atom. The third-order valence-electron chi connectivity index (χ3n) is 6.25. The zero-order valence-electron chi connectivity index (χ0n) is 17.4. The van der Waals surface area contributed by atoms with Gasteiger partial charge in [-0.15, -0.1) is 0 Å². The van der Waals surface area contributed by atoms with Crippen LogP contribution in [0.5, 0.6) is 0 Å². The lowest BCUT2D eigenvalue weighted by molar-refractivity contribution is 0.0148. The number of ether oxygens (including phenoxy) is 1. The molecule has 0 radical (unpaired) electrons. The highest BCUT2D eigenvalue weighted by atomic mass is 19.1. The first-order valence-electron chi connectivity index (χ1n) is 10.7. The number of amides is 1. The van der Waals surface area contributed by atoms with E-state index < -0.39 is 17.5 Å². The molecule has 166 valence electrons. The van der Waals surface area contributed by atoms with Crippen molar-refractivity contribution in [3.8, 4) is 5.69 Å². The van der Waals surface area contributed by atoms with E-state index in [9.17, 15) is 13.6 Å². The molecule has 2 aromatic heterocycles. The van der Waals surface area contributed by atoms with Gasteiger partial charge in [-0.05, 0) is 43.7 Å². The zero-order valence-corrected chi connectivity index (χ0v) is 17.4. The van der Waals surface area contributed by atoms with Crippen LogP contribution < -0.4 is 10.2 Å². The molecule has 7 nitrogen and oxygen atoms in total. The summed E-state index contributed by atoms with van der Waals surface area (Å²) in [5, 5.41) is 7.74. The molecule has 2 aliphatic rings. The van der Waals surface area contributed by atoms with Crippen molar-refractivity contribution in [1.29, 1.82) is 0 Å². The van der Waals surface area contributed by atoms with Crippen molar-refractivity contribution in [2.45, 2.75) is 31.3 Å². The Kier molecular flexibility index (Phi) is 5.24. The van der Waals surface area contributed by atoms with E-state index in [0.29, 0.717) is 29.7 Å². The van der Waals surface area contributed by atoms with Crippen LogP contribution in [-0.4, -0.2) is 39.5 Å². The fourth-order valence-electron chi connectivity index (χ4n) is 4.48. The van der Waals surface area contributed by atoms with Crippen molar-refractivity contribution >= 4 is 17.6 Å².